The Morgan fingerprint density at radius 1 is 1.22 bits per heavy atom. The smallest absolute Gasteiger partial charge is 0.185 e. The molecule has 0 aliphatic carbocycles. The molecule has 0 radical (unpaired) electrons. The number of allylic oxidation sites excluding steroid dienone is 1. The van der Waals surface area contributed by atoms with Crippen LogP contribution in [0.4, 0.5) is 0 Å². The van der Waals surface area contributed by atoms with E-state index in [4.69, 9.17) is 0 Å². The van der Waals surface area contributed by atoms with Crippen LogP contribution < -0.4 is 0 Å². The Morgan fingerprint density at radius 3 is 2.44 bits per heavy atom. The van der Waals surface area contributed by atoms with Crippen LogP contribution in [0, 0.1) is 13.8 Å². The van der Waals surface area contributed by atoms with Gasteiger partial charge in [-0.05, 0) is 26.0 Å². The Labute approximate surface area is 107 Å². The van der Waals surface area contributed by atoms with Gasteiger partial charge in [0.05, 0.1) is 5.69 Å². The number of rotatable bonds is 3. The zero-order chi connectivity index (χ0) is 13.1. The molecule has 1 aromatic carbocycles. The molecule has 0 saturated carbocycles. The molecule has 0 fully saturated rings. The molecule has 1 aromatic heterocycles. The van der Waals surface area contributed by atoms with Crippen LogP contribution in [0.5, 0.6) is 0 Å². The first-order valence-corrected chi connectivity index (χ1v) is 5.85. The minimum atomic E-state index is 0.0123. The van der Waals surface area contributed by atoms with Crippen molar-refractivity contribution in [3.05, 3.63) is 58.9 Å². The van der Waals surface area contributed by atoms with Gasteiger partial charge in [0.15, 0.2) is 5.78 Å². The van der Waals surface area contributed by atoms with E-state index in [9.17, 15) is 4.79 Å². The number of hydrogen-bond donors (Lipinski definition) is 0. The van der Waals surface area contributed by atoms with Gasteiger partial charge in [-0.15, -0.1) is 0 Å². The van der Waals surface area contributed by atoms with Crippen molar-refractivity contribution in [2.24, 2.45) is 7.05 Å². The average Bonchev–Trinajstić information content (AvgIpc) is 2.66. The van der Waals surface area contributed by atoms with Crippen molar-refractivity contribution in [3.63, 3.8) is 0 Å². The Hall–Kier alpha value is -2.16. The van der Waals surface area contributed by atoms with Crippen molar-refractivity contribution in [1.29, 1.82) is 0 Å². The van der Waals surface area contributed by atoms with Crippen LogP contribution >= 0.6 is 0 Å². The van der Waals surface area contributed by atoms with Gasteiger partial charge in [-0.25, -0.2) is 0 Å². The summed E-state index contributed by atoms with van der Waals surface area (Å²) in [5.74, 6) is 0.0123. The first-order chi connectivity index (χ1) is 8.56. The van der Waals surface area contributed by atoms with Crippen molar-refractivity contribution < 1.29 is 4.79 Å². The van der Waals surface area contributed by atoms with E-state index in [1.165, 1.54) is 0 Å². The van der Waals surface area contributed by atoms with Crippen LogP contribution in [0.15, 0.2) is 36.5 Å². The minimum absolute atomic E-state index is 0.0123. The molecule has 18 heavy (non-hydrogen) atoms. The fourth-order valence-electron chi connectivity index (χ4n) is 1.76. The summed E-state index contributed by atoms with van der Waals surface area (Å²) in [6, 6.07) is 7.57. The van der Waals surface area contributed by atoms with E-state index in [-0.39, 0.29) is 5.78 Å². The number of aryl methyl sites for hydroxylation is 3. The molecule has 3 heteroatoms. The van der Waals surface area contributed by atoms with E-state index in [1.54, 1.807) is 10.8 Å². The highest BCUT2D eigenvalue weighted by atomic mass is 16.1. The second-order valence-corrected chi connectivity index (χ2v) is 4.41. The number of ketones is 1. The lowest BCUT2D eigenvalue weighted by Crippen LogP contribution is -1.93. The van der Waals surface area contributed by atoms with Crippen molar-refractivity contribution in [2.45, 2.75) is 13.8 Å². The second kappa shape index (κ2) is 5.00. The van der Waals surface area contributed by atoms with Crippen LogP contribution in [-0.4, -0.2) is 15.6 Å². The number of benzene rings is 1. The maximum absolute atomic E-state index is 11.9. The largest absolute Gasteiger partial charge is 0.289 e. The number of nitrogens with zero attached hydrogens (tertiary/aromatic N) is 2. The minimum Gasteiger partial charge on any atom is -0.289 e. The molecule has 0 N–H and O–H groups in total. The van der Waals surface area contributed by atoms with Gasteiger partial charge >= 0.3 is 0 Å². The monoisotopic (exact) mass is 240 g/mol. The highest BCUT2D eigenvalue weighted by Crippen LogP contribution is 2.09. The highest BCUT2D eigenvalue weighted by molar-refractivity contribution is 6.06. The molecular formula is C15H16N2O. The number of carbonyl (C=O) groups excluding carboxylic acids is 1. The normalized spacial score (nSPS) is 11.1. The summed E-state index contributed by atoms with van der Waals surface area (Å²) in [6.07, 6.45) is 5.30. The van der Waals surface area contributed by atoms with Crippen LogP contribution in [0.1, 0.15) is 27.2 Å². The first-order valence-electron chi connectivity index (χ1n) is 5.85. The fourth-order valence-corrected chi connectivity index (χ4v) is 1.76. The molecule has 1 heterocycles. The maximum atomic E-state index is 11.9. The van der Waals surface area contributed by atoms with Gasteiger partial charge in [-0.3, -0.25) is 9.48 Å². The van der Waals surface area contributed by atoms with Crippen LogP contribution in [0.2, 0.25) is 0 Å². The molecule has 0 saturated heterocycles. The fraction of sp³-hybridized carbons (Fsp3) is 0.200. The third-order valence-corrected chi connectivity index (χ3v) is 2.80. The molecule has 0 amide bonds. The van der Waals surface area contributed by atoms with E-state index >= 15 is 0 Å². The van der Waals surface area contributed by atoms with Gasteiger partial charge in [0, 0.05) is 24.4 Å². The van der Waals surface area contributed by atoms with E-state index < -0.39 is 0 Å². The van der Waals surface area contributed by atoms with Gasteiger partial charge in [-0.1, -0.05) is 29.8 Å². The van der Waals surface area contributed by atoms with Gasteiger partial charge in [0.25, 0.3) is 0 Å². The lowest BCUT2D eigenvalue weighted by molar-refractivity contribution is 0.104. The molecular weight excluding hydrogens is 224 g/mol. The third-order valence-electron chi connectivity index (χ3n) is 2.80. The van der Waals surface area contributed by atoms with Crippen molar-refractivity contribution >= 4 is 11.9 Å². The Balaban J connectivity index is 2.16. The van der Waals surface area contributed by atoms with Crippen LogP contribution in [-0.2, 0) is 7.05 Å². The van der Waals surface area contributed by atoms with Crippen LogP contribution in [0.3, 0.4) is 0 Å². The summed E-state index contributed by atoms with van der Waals surface area (Å²) < 4.78 is 1.74. The predicted molar refractivity (Wildman–Crippen MR) is 72.5 cm³/mol. The van der Waals surface area contributed by atoms with Gasteiger partial charge in [0.1, 0.15) is 0 Å². The first kappa shape index (κ1) is 12.3. The molecule has 0 aliphatic heterocycles. The molecule has 0 atom stereocenters. The quantitative estimate of drug-likeness (QED) is 0.610. The van der Waals surface area contributed by atoms with Crippen LogP contribution in [0.25, 0.3) is 6.08 Å². The van der Waals surface area contributed by atoms with E-state index in [0.717, 1.165) is 16.8 Å². The van der Waals surface area contributed by atoms with Crippen molar-refractivity contribution in [1.82, 2.24) is 9.78 Å². The number of aromatic nitrogens is 2. The molecule has 0 spiro atoms. The molecule has 2 aromatic rings. The third kappa shape index (κ3) is 2.74. The summed E-state index contributed by atoms with van der Waals surface area (Å²) >= 11 is 0. The zero-order valence-electron chi connectivity index (χ0n) is 10.8. The summed E-state index contributed by atoms with van der Waals surface area (Å²) in [6.45, 7) is 3.93. The summed E-state index contributed by atoms with van der Waals surface area (Å²) in [5.41, 5.74) is 3.75. The molecule has 3 nitrogen and oxygen atoms in total. The predicted octanol–water partition coefficient (Wildman–Crippen LogP) is 2.93. The lowest BCUT2D eigenvalue weighted by atomic mass is 10.1. The lowest BCUT2D eigenvalue weighted by Gasteiger charge is -1.96. The number of carbonyl (C=O) groups is 1. The maximum Gasteiger partial charge on any atom is 0.185 e. The molecule has 0 aliphatic rings. The van der Waals surface area contributed by atoms with Gasteiger partial charge in [0.2, 0.25) is 0 Å². The molecule has 92 valence electrons. The second-order valence-electron chi connectivity index (χ2n) is 4.41. The van der Waals surface area contributed by atoms with Gasteiger partial charge in [-0.2, -0.15) is 5.10 Å². The topological polar surface area (TPSA) is 34.9 Å². The van der Waals surface area contributed by atoms with E-state index in [1.807, 2.05) is 57.4 Å². The van der Waals surface area contributed by atoms with Gasteiger partial charge < -0.3 is 0 Å². The standard InChI is InChI=1S/C15H16N2O/c1-11-4-6-13(7-5-11)15(18)9-8-14-10-17(3)16-12(14)2/h4-10H,1-3H3/b9-8+. The molecule has 0 bridgehead atoms. The SMILES string of the molecule is Cc1ccc(C(=O)/C=C/c2cn(C)nc2C)cc1. The number of hydrogen-bond acceptors (Lipinski definition) is 2. The molecule has 2 rings (SSSR count). The Morgan fingerprint density at radius 2 is 1.89 bits per heavy atom. The highest BCUT2D eigenvalue weighted by Gasteiger charge is 2.02. The summed E-state index contributed by atoms with van der Waals surface area (Å²) in [7, 11) is 1.87. The summed E-state index contributed by atoms with van der Waals surface area (Å²) in [5, 5.41) is 4.23. The van der Waals surface area contributed by atoms with E-state index in [0.29, 0.717) is 5.56 Å². The Kier molecular flexibility index (Phi) is 3.42. The molecule has 0 unspecified atom stereocenters. The van der Waals surface area contributed by atoms with Crippen molar-refractivity contribution in [2.75, 3.05) is 0 Å². The average molecular weight is 240 g/mol. The van der Waals surface area contributed by atoms with Crippen molar-refractivity contribution in [3.8, 4) is 0 Å². The van der Waals surface area contributed by atoms with E-state index in [2.05, 4.69) is 5.10 Å². The zero-order valence-corrected chi connectivity index (χ0v) is 10.8. The Bertz CT molecular complexity index is 591. The summed E-state index contributed by atoms with van der Waals surface area (Å²) in [4.78, 5) is 11.9.